The summed E-state index contributed by atoms with van der Waals surface area (Å²) in [5, 5.41) is 9.26. The van der Waals surface area contributed by atoms with Crippen LogP contribution in [-0.4, -0.2) is 61.8 Å². The number of carbonyl (C=O) groups is 1. The van der Waals surface area contributed by atoms with Crippen LogP contribution >= 0.6 is 0 Å². The van der Waals surface area contributed by atoms with E-state index in [1.165, 1.54) is 5.56 Å². The molecular formula is C23H32N6O2. The summed E-state index contributed by atoms with van der Waals surface area (Å²) in [6.45, 7) is 16.3. The summed E-state index contributed by atoms with van der Waals surface area (Å²) < 4.78 is 7.38. The average Bonchev–Trinajstić information content (AvgIpc) is 3.34. The molecule has 4 rings (SSSR count). The topological polar surface area (TPSA) is 80.3 Å². The van der Waals surface area contributed by atoms with Crippen molar-refractivity contribution in [1.29, 1.82) is 0 Å². The van der Waals surface area contributed by atoms with Gasteiger partial charge in [0.2, 0.25) is 0 Å². The van der Waals surface area contributed by atoms with Crippen LogP contribution in [0, 0.1) is 6.92 Å². The molecule has 0 saturated carbocycles. The predicted molar refractivity (Wildman–Crippen MR) is 119 cm³/mol. The Bertz CT molecular complexity index is 1080. The summed E-state index contributed by atoms with van der Waals surface area (Å²) in [6, 6.07) is 1.91. The fourth-order valence-corrected chi connectivity index (χ4v) is 3.92. The molecule has 0 aromatic carbocycles. The highest BCUT2D eigenvalue weighted by Gasteiger charge is 2.27. The van der Waals surface area contributed by atoms with E-state index in [0.29, 0.717) is 30.1 Å². The summed E-state index contributed by atoms with van der Waals surface area (Å²) in [6.07, 6.45) is 4.06. The first kappa shape index (κ1) is 21.5. The molecule has 3 aromatic heterocycles. The number of hydrogen-bond acceptors (Lipinski definition) is 6. The van der Waals surface area contributed by atoms with Gasteiger partial charge in [-0.3, -0.25) is 14.4 Å². The van der Waals surface area contributed by atoms with Crippen molar-refractivity contribution in [3.05, 3.63) is 41.0 Å². The van der Waals surface area contributed by atoms with Crippen LogP contribution in [0.2, 0.25) is 0 Å². The van der Waals surface area contributed by atoms with E-state index in [-0.39, 0.29) is 17.4 Å². The molecule has 1 aliphatic rings. The second-order valence-electron chi connectivity index (χ2n) is 9.73. The molecule has 1 fully saturated rings. The van der Waals surface area contributed by atoms with E-state index in [1.807, 2.05) is 28.8 Å². The SMILES string of the molecule is Cc1noc2nc(C(C)C)cc(C(=O)N3CCN(Cc4cnn(C(C)(C)C)c4)CC3)c12. The number of fused-ring (bicyclic) bond motifs is 1. The zero-order chi connectivity index (χ0) is 22.3. The van der Waals surface area contributed by atoms with Gasteiger partial charge in [0, 0.05) is 50.2 Å². The van der Waals surface area contributed by atoms with Gasteiger partial charge in [0.25, 0.3) is 11.6 Å². The van der Waals surface area contributed by atoms with Gasteiger partial charge in [-0.2, -0.15) is 5.10 Å². The number of aromatic nitrogens is 4. The van der Waals surface area contributed by atoms with Crippen LogP contribution in [0.5, 0.6) is 0 Å². The van der Waals surface area contributed by atoms with Crippen LogP contribution in [0.15, 0.2) is 23.0 Å². The van der Waals surface area contributed by atoms with Gasteiger partial charge < -0.3 is 9.42 Å². The molecule has 166 valence electrons. The van der Waals surface area contributed by atoms with Crippen LogP contribution in [0.1, 0.15) is 67.8 Å². The van der Waals surface area contributed by atoms with Crippen LogP contribution in [0.3, 0.4) is 0 Å². The Labute approximate surface area is 183 Å². The molecule has 0 radical (unpaired) electrons. The molecule has 4 heterocycles. The number of rotatable bonds is 4. The fourth-order valence-electron chi connectivity index (χ4n) is 3.92. The quantitative estimate of drug-likeness (QED) is 0.637. The van der Waals surface area contributed by atoms with Crippen LogP contribution in [0.25, 0.3) is 11.1 Å². The number of aryl methyl sites for hydroxylation is 1. The molecule has 1 amide bonds. The summed E-state index contributed by atoms with van der Waals surface area (Å²) in [5.41, 5.74) is 3.83. The Morgan fingerprint density at radius 2 is 1.90 bits per heavy atom. The summed E-state index contributed by atoms with van der Waals surface area (Å²) >= 11 is 0. The van der Waals surface area contributed by atoms with Gasteiger partial charge in [-0.05, 0) is 39.7 Å². The second-order valence-corrected chi connectivity index (χ2v) is 9.73. The van der Waals surface area contributed by atoms with Gasteiger partial charge >= 0.3 is 0 Å². The molecule has 0 N–H and O–H groups in total. The Hall–Kier alpha value is -2.74. The Morgan fingerprint density at radius 3 is 2.52 bits per heavy atom. The summed E-state index contributed by atoms with van der Waals surface area (Å²) in [4.78, 5) is 22.3. The lowest BCUT2D eigenvalue weighted by Gasteiger charge is -2.34. The molecular weight excluding hydrogens is 392 g/mol. The normalized spacial score (nSPS) is 15.9. The van der Waals surface area contributed by atoms with E-state index in [1.54, 1.807) is 0 Å². The minimum absolute atomic E-state index is 0.0197. The fraction of sp³-hybridized carbons (Fsp3) is 0.565. The summed E-state index contributed by atoms with van der Waals surface area (Å²) in [5.74, 6) is 0.230. The second kappa shape index (κ2) is 8.07. The highest BCUT2D eigenvalue weighted by atomic mass is 16.5. The van der Waals surface area contributed by atoms with E-state index in [2.05, 4.69) is 61.0 Å². The molecule has 8 heteroatoms. The van der Waals surface area contributed by atoms with Crippen LogP contribution in [0.4, 0.5) is 0 Å². The lowest BCUT2D eigenvalue weighted by atomic mass is 10.0. The predicted octanol–water partition coefficient (Wildman–Crippen LogP) is 3.56. The standard InChI is InChI=1S/C23H32N6O2/c1-15(2)19-11-18(20-16(3)26-31-21(20)25-19)22(30)28-9-7-27(8-10-28)13-17-12-24-29(14-17)23(4,5)6/h11-12,14-15H,7-10,13H2,1-6H3. The Morgan fingerprint density at radius 1 is 1.19 bits per heavy atom. The van der Waals surface area contributed by atoms with E-state index < -0.39 is 0 Å². The minimum atomic E-state index is -0.0197. The van der Waals surface area contributed by atoms with Crippen molar-refractivity contribution < 1.29 is 9.32 Å². The largest absolute Gasteiger partial charge is 0.336 e. The summed E-state index contributed by atoms with van der Waals surface area (Å²) in [7, 11) is 0. The minimum Gasteiger partial charge on any atom is -0.336 e. The molecule has 0 atom stereocenters. The number of carbonyl (C=O) groups excluding carboxylic acids is 1. The number of hydrogen-bond donors (Lipinski definition) is 0. The number of pyridine rings is 1. The first-order valence-corrected chi connectivity index (χ1v) is 11.0. The van der Waals surface area contributed by atoms with Crippen molar-refractivity contribution in [3.8, 4) is 0 Å². The van der Waals surface area contributed by atoms with E-state index >= 15 is 0 Å². The van der Waals surface area contributed by atoms with Crippen molar-refractivity contribution >= 4 is 17.0 Å². The van der Waals surface area contributed by atoms with Gasteiger partial charge in [0.1, 0.15) is 0 Å². The van der Waals surface area contributed by atoms with Crippen molar-refractivity contribution in [2.24, 2.45) is 0 Å². The lowest BCUT2D eigenvalue weighted by molar-refractivity contribution is 0.0630. The molecule has 1 aliphatic heterocycles. The van der Waals surface area contributed by atoms with Gasteiger partial charge in [0.05, 0.1) is 28.4 Å². The maximum absolute atomic E-state index is 13.4. The lowest BCUT2D eigenvalue weighted by Crippen LogP contribution is -2.48. The van der Waals surface area contributed by atoms with E-state index in [0.717, 1.165) is 30.7 Å². The Balaban J connectivity index is 1.46. The zero-order valence-corrected chi connectivity index (χ0v) is 19.3. The molecule has 3 aromatic rings. The maximum atomic E-state index is 13.4. The first-order chi connectivity index (χ1) is 14.6. The molecule has 31 heavy (non-hydrogen) atoms. The molecule has 0 spiro atoms. The van der Waals surface area contributed by atoms with E-state index in [4.69, 9.17) is 4.52 Å². The molecule has 0 aliphatic carbocycles. The zero-order valence-electron chi connectivity index (χ0n) is 19.3. The number of piperazine rings is 1. The Kier molecular flexibility index (Phi) is 5.60. The molecule has 8 nitrogen and oxygen atoms in total. The monoisotopic (exact) mass is 424 g/mol. The van der Waals surface area contributed by atoms with Gasteiger partial charge in [-0.25, -0.2) is 4.98 Å². The molecule has 0 unspecified atom stereocenters. The average molecular weight is 425 g/mol. The molecule has 1 saturated heterocycles. The van der Waals surface area contributed by atoms with Gasteiger partial charge in [0.15, 0.2) is 0 Å². The smallest absolute Gasteiger partial charge is 0.259 e. The van der Waals surface area contributed by atoms with Crippen LogP contribution < -0.4 is 0 Å². The van der Waals surface area contributed by atoms with Crippen LogP contribution in [-0.2, 0) is 12.1 Å². The van der Waals surface area contributed by atoms with Gasteiger partial charge in [-0.15, -0.1) is 0 Å². The maximum Gasteiger partial charge on any atom is 0.259 e. The number of amides is 1. The van der Waals surface area contributed by atoms with Crippen molar-refractivity contribution in [2.75, 3.05) is 26.2 Å². The van der Waals surface area contributed by atoms with E-state index in [9.17, 15) is 4.79 Å². The van der Waals surface area contributed by atoms with Crippen molar-refractivity contribution in [2.45, 2.75) is 59.5 Å². The highest BCUT2D eigenvalue weighted by Crippen LogP contribution is 2.26. The van der Waals surface area contributed by atoms with Crippen molar-refractivity contribution in [3.63, 3.8) is 0 Å². The molecule has 0 bridgehead atoms. The highest BCUT2D eigenvalue weighted by molar-refractivity contribution is 6.06. The number of nitrogens with zero attached hydrogens (tertiary/aromatic N) is 6. The third-order valence-electron chi connectivity index (χ3n) is 5.85. The van der Waals surface area contributed by atoms with Crippen molar-refractivity contribution in [1.82, 2.24) is 29.7 Å². The van der Waals surface area contributed by atoms with Gasteiger partial charge in [-0.1, -0.05) is 19.0 Å². The third kappa shape index (κ3) is 4.35. The third-order valence-corrected chi connectivity index (χ3v) is 5.85. The first-order valence-electron chi connectivity index (χ1n) is 11.0.